The normalized spacial score (nSPS) is 41.3. The molecule has 2 nitrogen and oxygen atoms in total. The molecule has 3 unspecified atom stereocenters. The molecule has 0 aliphatic heterocycles. The molecule has 6 atom stereocenters. The van der Waals surface area contributed by atoms with Crippen LogP contribution in [0, 0.1) is 34.5 Å². The second-order valence-corrected chi connectivity index (χ2v) is 11.8. The van der Waals surface area contributed by atoms with E-state index in [4.69, 9.17) is 0 Å². The molecule has 4 rings (SSSR count). The van der Waals surface area contributed by atoms with E-state index < -0.39 is 12.2 Å². The Kier molecular flexibility index (Phi) is 6.45. The smallest absolute Gasteiger partial charge is 0.0811 e. The summed E-state index contributed by atoms with van der Waals surface area (Å²) in [6, 6.07) is 0. The Morgan fingerprint density at radius 2 is 1.81 bits per heavy atom. The van der Waals surface area contributed by atoms with E-state index in [0.29, 0.717) is 35.5 Å². The highest BCUT2D eigenvalue weighted by Crippen LogP contribution is 2.60. The summed E-state index contributed by atoms with van der Waals surface area (Å²) in [5.74, 6) is 2.84. The van der Waals surface area contributed by atoms with E-state index in [0.717, 1.165) is 23.0 Å². The average Bonchev–Trinajstić information content (AvgIpc) is 3.43. The lowest BCUT2D eigenvalue weighted by molar-refractivity contribution is 0.0862. The standard InChI is InChI=1S/C29H44O2/c1-19(2)29(15-16-29)14-12-20(3)25-10-11-26-22(7-6-13-28(25,26)5)8-9-23-17-24(30)18-27(31)21(23)4/h8-9,12,14,19-20,24-27,30-31H,4,6-7,10-11,13,15-18H2,1-3,5H3/b14-12+,22-8+,23-9-/t20-,24-,25-,26?,27?,28?/m1/s1. The monoisotopic (exact) mass is 424 g/mol. The van der Waals surface area contributed by atoms with Crippen LogP contribution in [-0.4, -0.2) is 22.4 Å². The molecule has 2 N–H and O–H groups in total. The van der Waals surface area contributed by atoms with Crippen LogP contribution in [-0.2, 0) is 0 Å². The molecule has 0 aromatic rings. The van der Waals surface area contributed by atoms with Gasteiger partial charge < -0.3 is 10.2 Å². The van der Waals surface area contributed by atoms with Crippen molar-refractivity contribution in [1.29, 1.82) is 0 Å². The molecule has 172 valence electrons. The zero-order valence-corrected chi connectivity index (χ0v) is 20.2. The third-order valence-corrected chi connectivity index (χ3v) is 9.65. The van der Waals surface area contributed by atoms with E-state index in [1.54, 1.807) is 5.57 Å². The second-order valence-electron chi connectivity index (χ2n) is 11.8. The molecule has 0 amide bonds. The quantitative estimate of drug-likeness (QED) is 0.479. The molecule has 4 aliphatic carbocycles. The van der Waals surface area contributed by atoms with Gasteiger partial charge in [-0.15, -0.1) is 0 Å². The Hall–Kier alpha value is -1.12. The van der Waals surface area contributed by atoms with E-state index in [1.807, 2.05) is 0 Å². The molecular formula is C29H44O2. The number of aliphatic hydroxyl groups excluding tert-OH is 2. The first kappa shape index (κ1) is 23.1. The fraction of sp³-hybridized carbons (Fsp3) is 0.724. The van der Waals surface area contributed by atoms with Gasteiger partial charge in [-0.25, -0.2) is 0 Å². The van der Waals surface area contributed by atoms with E-state index >= 15 is 0 Å². The van der Waals surface area contributed by atoms with Gasteiger partial charge >= 0.3 is 0 Å². The van der Waals surface area contributed by atoms with Gasteiger partial charge in [0.15, 0.2) is 0 Å². The maximum Gasteiger partial charge on any atom is 0.0811 e. The van der Waals surface area contributed by atoms with Crippen LogP contribution in [0.2, 0.25) is 0 Å². The first-order chi connectivity index (χ1) is 14.7. The molecule has 31 heavy (non-hydrogen) atoms. The molecule has 0 spiro atoms. The predicted octanol–water partition coefficient (Wildman–Crippen LogP) is 6.76. The third kappa shape index (κ3) is 4.40. The molecule has 2 heteroatoms. The average molecular weight is 425 g/mol. The molecule has 0 bridgehead atoms. The summed E-state index contributed by atoms with van der Waals surface area (Å²) < 4.78 is 0. The molecule has 0 heterocycles. The van der Waals surface area contributed by atoms with Crippen LogP contribution in [0.1, 0.15) is 85.5 Å². The van der Waals surface area contributed by atoms with E-state index in [1.165, 1.54) is 44.9 Å². The zero-order chi connectivity index (χ0) is 22.4. The molecule has 0 aromatic heterocycles. The molecular weight excluding hydrogens is 380 g/mol. The molecule has 0 saturated heterocycles. The summed E-state index contributed by atoms with van der Waals surface area (Å²) >= 11 is 0. The van der Waals surface area contributed by atoms with Crippen molar-refractivity contribution in [3.63, 3.8) is 0 Å². The molecule has 4 saturated carbocycles. The van der Waals surface area contributed by atoms with E-state index in [2.05, 4.69) is 58.6 Å². The Morgan fingerprint density at radius 3 is 2.48 bits per heavy atom. The second kappa shape index (κ2) is 8.67. The summed E-state index contributed by atoms with van der Waals surface area (Å²) in [5, 5.41) is 20.2. The van der Waals surface area contributed by atoms with Crippen LogP contribution >= 0.6 is 0 Å². The lowest BCUT2D eigenvalue weighted by atomic mass is 9.61. The highest BCUT2D eigenvalue weighted by molar-refractivity contribution is 5.38. The van der Waals surface area contributed by atoms with Crippen molar-refractivity contribution < 1.29 is 10.2 Å². The number of rotatable bonds is 5. The summed E-state index contributed by atoms with van der Waals surface area (Å²) in [7, 11) is 0. The van der Waals surface area contributed by atoms with Gasteiger partial charge in [0, 0.05) is 6.42 Å². The molecule has 4 aliphatic rings. The van der Waals surface area contributed by atoms with E-state index in [-0.39, 0.29) is 0 Å². The molecule has 0 radical (unpaired) electrons. The van der Waals surface area contributed by atoms with Gasteiger partial charge in [-0.3, -0.25) is 0 Å². The van der Waals surface area contributed by atoms with Crippen molar-refractivity contribution in [2.24, 2.45) is 34.5 Å². The van der Waals surface area contributed by atoms with E-state index in [9.17, 15) is 10.2 Å². The van der Waals surface area contributed by atoms with Crippen LogP contribution < -0.4 is 0 Å². The number of aliphatic hydroxyl groups is 2. The zero-order valence-electron chi connectivity index (χ0n) is 20.2. The fourth-order valence-electron chi connectivity index (χ4n) is 7.17. The lowest BCUT2D eigenvalue weighted by Crippen LogP contribution is -2.35. The minimum atomic E-state index is -0.603. The maximum absolute atomic E-state index is 10.2. The van der Waals surface area contributed by atoms with Crippen LogP contribution in [0.3, 0.4) is 0 Å². The van der Waals surface area contributed by atoms with Crippen LogP contribution in [0.5, 0.6) is 0 Å². The summed E-state index contributed by atoms with van der Waals surface area (Å²) in [6.07, 6.45) is 18.8. The summed E-state index contributed by atoms with van der Waals surface area (Å²) in [4.78, 5) is 0. The Morgan fingerprint density at radius 1 is 1.06 bits per heavy atom. The SMILES string of the molecule is C=C1/C(=C\C=C2/CCCC3(C)C2CC[C@@H]3[C@H](C)/C=C/C2(C(C)C)CC2)C[C@@H](O)CC1O. The van der Waals surface area contributed by atoms with Gasteiger partial charge in [0.2, 0.25) is 0 Å². The van der Waals surface area contributed by atoms with Crippen molar-refractivity contribution in [3.05, 3.63) is 47.6 Å². The van der Waals surface area contributed by atoms with Gasteiger partial charge in [0.05, 0.1) is 12.2 Å². The largest absolute Gasteiger partial charge is 0.393 e. The lowest BCUT2D eigenvalue weighted by Gasteiger charge is -2.44. The minimum Gasteiger partial charge on any atom is -0.393 e. The fourth-order valence-corrected chi connectivity index (χ4v) is 7.17. The van der Waals surface area contributed by atoms with Gasteiger partial charge in [0.25, 0.3) is 0 Å². The topological polar surface area (TPSA) is 40.5 Å². The predicted molar refractivity (Wildman–Crippen MR) is 130 cm³/mol. The minimum absolute atomic E-state index is 0.392. The Bertz CT molecular complexity index is 781. The molecule has 4 fully saturated rings. The number of hydrogen-bond donors (Lipinski definition) is 2. The van der Waals surface area contributed by atoms with Gasteiger partial charge in [-0.1, -0.05) is 64.2 Å². The Labute approximate surface area is 190 Å². The van der Waals surface area contributed by atoms with Crippen molar-refractivity contribution >= 4 is 0 Å². The Balaban J connectivity index is 1.50. The first-order valence-corrected chi connectivity index (χ1v) is 12.8. The van der Waals surface area contributed by atoms with Gasteiger partial charge in [-0.2, -0.15) is 0 Å². The van der Waals surface area contributed by atoms with Crippen molar-refractivity contribution in [2.75, 3.05) is 0 Å². The molecule has 0 aromatic carbocycles. The summed E-state index contributed by atoms with van der Waals surface area (Å²) in [6.45, 7) is 13.8. The van der Waals surface area contributed by atoms with Gasteiger partial charge in [0.1, 0.15) is 0 Å². The van der Waals surface area contributed by atoms with Crippen LogP contribution in [0.15, 0.2) is 47.6 Å². The van der Waals surface area contributed by atoms with Crippen molar-refractivity contribution in [1.82, 2.24) is 0 Å². The maximum atomic E-state index is 10.2. The van der Waals surface area contributed by atoms with Gasteiger partial charge in [-0.05, 0) is 97.0 Å². The number of fused-ring (bicyclic) bond motifs is 1. The van der Waals surface area contributed by atoms with Crippen LogP contribution in [0.4, 0.5) is 0 Å². The highest BCUT2D eigenvalue weighted by atomic mass is 16.3. The number of allylic oxidation sites excluding steroid dienone is 5. The number of hydrogen-bond acceptors (Lipinski definition) is 2. The highest BCUT2D eigenvalue weighted by Gasteiger charge is 2.50. The van der Waals surface area contributed by atoms with Crippen molar-refractivity contribution in [2.45, 2.75) is 97.7 Å². The summed E-state index contributed by atoms with van der Waals surface area (Å²) in [5.41, 5.74) is 4.30. The first-order valence-electron chi connectivity index (χ1n) is 12.8. The van der Waals surface area contributed by atoms with Crippen molar-refractivity contribution in [3.8, 4) is 0 Å². The van der Waals surface area contributed by atoms with Crippen LogP contribution in [0.25, 0.3) is 0 Å². The third-order valence-electron chi connectivity index (χ3n) is 9.65.